The highest BCUT2D eigenvalue weighted by molar-refractivity contribution is 6.08. The number of carbonyl (C=O) groups excluding carboxylic acids is 4. The minimum atomic E-state index is -0.955. The van der Waals surface area contributed by atoms with E-state index in [0.717, 1.165) is 5.57 Å². The molecular formula is C26H32O6. The molecule has 6 aliphatic rings. The minimum absolute atomic E-state index is 0.0197. The van der Waals surface area contributed by atoms with Crippen LogP contribution in [0.15, 0.2) is 23.3 Å². The minimum Gasteiger partial charge on any atom is -0.461 e. The summed E-state index contributed by atoms with van der Waals surface area (Å²) >= 11 is 0. The van der Waals surface area contributed by atoms with E-state index in [2.05, 4.69) is 0 Å². The van der Waals surface area contributed by atoms with E-state index in [9.17, 15) is 19.2 Å². The van der Waals surface area contributed by atoms with Gasteiger partial charge in [0.25, 0.3) is 0 Å². The van der Waals surface area contributed by atoms with Gasteiger partial charge in [-0.3, -0.25) is 14.4 Å². The lowest BCUT2D eigenvalue weighted by Gasteiger charge is -2.63. The lowest BCUT2D eigenvalue weighted by Crippen LogP contribution is -2.69. The maximum Gasteiger partial charge on any atom is 0.334 e. The number of cyclic esters (lactones) is 1. The van der Waals surface area contributed by atoms with Crippen LogP contribution in [0.4, 0.5) is 0 Å². The van der Waals surface area contributed by atoms with Crippen LogP contribution < -0.4 is 0 Å². The number of hydrogen-bond acceptors (Lipinski definition) is 6. The van der Waals surface area contributed by atoms with Gasteiger partial charge in [0.2, 0.25) is 0 Å². The Hall–Kier alpha value is -2.08. The van der Waals surface area contributed by atoms with E-state index in [1.54, 1.807) is 19.3 Å². The Morgan fingerprint density at radius 1 is 1.09 bits per heavy atom. The molecule has 1 heterocycles. The molecule has 0 aromatic rings. The fourth-order valence-corrected chi connectivity index (χ4v) is 8.28. The lowest BCUT2D eigenvalue weighted by atomic mass is 9.38. The average Bonchev–Trinajstić information content (AvgIpc) is 3.00. The summed E-state index contributed by atoms with van der Waals surface area (Å²) < 4.78 is 11.4. The standard InChI is InChI=1S/C26H32O6/c1-14-9-18(28)23(4)11-15-20(29)32-13-26(14,15)25(12-23)8-7-16-22(2,3)17(27)10-19(31-6)24(16,5)21(25)30/h9,11,16,19H,7-8,10,12-13H2,1-6H3. The van der Waals surface area contributed by atoms with Crippen LogP contribution in [-0.2, 0) is 28.7 Å². The number of ketones is 3. The topological polar surface area (TPSA) is 86.7 Å². The molecule has 172 valence electrons. The van der Waals surface area contributed by atoms with Crippen LogP contribution in [0.2, 0.25) is 0 Å². The molecule has 3 fully saturated rings. The van der Waals surface area contributed by atoms with E-state index < -0.39 is 39.1 Å². The van der Waals surface area contributed by atoms with E-state index >= 15 is 0 Å². The third-order valence-electron chi connectivity index (χ3n) is 10.1. The van der Waals surface area contributed by atoms with Gasteiger partial charge in [-0.05, 0) is 52.0 Å². The summed E-state index contributed by atoms with van der Waals surface area (Å²) in [7, 11) is 1.56. The Kier molecular flexibility index (Phi) is 4.13. The Bertz CT molecular complexity index is 1050. The van der Waals surface area contributed by atoms with Crippen molar-refractivity contribution < 1.29 is 28.7 Å². The zero-order chi connectivity index (χ0) is 23.5. The normalized spacial score (nSPS) is 46.9. The van der Waals surface area contributed by atoms with Crippen LogP contribution in [0, 0.1) is 33.0 Å². The summed E-state index contributed by atoms with van der Waals surface area (Å²) in [4.78, 5) is 54.0. The fourth-order valence-electron chi connectivity index (χ4n) is 8.28. The van der Waals surface area contributed by atoms with Gasteiger partial charge in [0.05, 0.1) is 16.9 Å². The van der Waals surface area contributed by atoms with Gasteiger partial charge in [-0.1, -0.05) is 25.5 Å². The number of allylic oxidation sites excluding steroid dienone is 2. The molecule has 0 amide bonds. The summed E-state index contributed by atoms with van der Waals surface area (Å²) in [6.07, 6.45) is 4.57. The largest absolute Gasteiger partial charge is 0.461 e. The first-order chi connectivity index (χ1) is 14.8. The average molecular weight is 441 g/mol. The van der Waals surface area contributed by atoms with Gasteiger partial charge in [-0.25, -0.2) is 4.79 Å². The first-order valence-electron chi connectivity index (χ1n) is 11.6. The zero-order valence-corrected chi connectivity index (χ0v) is 19.8. The Morgan fingerprint density at radius 2 is 1.78 bits per heavy atom. The van der Waals surface area contributed by atoms with Crippen LogP contribution in [0.5, 0.6) is 0 Å². The maximum atomic E-state index is 14.9. The second-order valence-electron chi connectivity index (χ2n) is 11.7. The predicted molar refractivity (Wildman–Crippen MR) is 115 cm³/mol. The van der Waals surface area contributed by atoms with Crippen molar-refractivity contribution in [3.05, 3.63) is 23.3 Å². The maximum absolute atomic E-state index is 14.9. The van der Waals surface area contributed by atoms with E-state index in [1.807, 2.05) is 34.6 Å². The van der Waals surface area contributed by atoms with Gasteiger partial charge < -0.3 is 9.47 Å². The number of rotatable bonds is 1. The van der Waals surface area contributed by atoms with Crippen molar-refractivity contribution in [2.75, 3.05) is 13.7 Å². The van der Waals surface area contributed by atoms with Gasteiger partial charge in [-0.15, -0.1) is 0 Å². The summed E-state index contributed by atoms with van der Waals surface area (Å²) in [5.74, 6) is -0.528. The first kappa shape index (κ1) is 21.7. The summed E-state index contributed by atoms with van der Waals surface area (Å²) in [6, 6.07) is 0. The van der Waals surface area contributed by atoms with Crippen molar-refractivity contribution >= 4 is 23.3 Å². The number of esters is 1. The third-order valence-corrected chi connectivity index (χ3v) is 10.1. The molecule has 5 aliphatic carbocycles. The molecule has 2 spiro atoms. The Labute approximate surface area is 188 Å². The molecule has 0 aromatic heterocycles. The molecule has 6 unspecified atom stereocenters. The molecule has 1 aliphatic heterocycles. The molecule has 1 saturated heterocycles. The van der Waals surface area contributed by atoms with Crippen LogP contribution >= 0.6 is 0 Å². The van der Waals surface area contributed by atoms with Crippen molar-refractivity contribution in [3.8, 4) is 0 Å². The molecule has 32 heavy (non-hydrogen) atoms. The molecule has 2 bridgehead atoms. The highest BCUT2D eigenvalue weighted by Crippen LogP contribution is 2.72. The summed E-state index contributed by atoms with van der Waals surface area (Å²) in [5.41, 5.74) is -3.19. The SMILES string of the molecule is COC1CC(=O)C(C)(C)C2CCC3(CC4(C)C=C5C(=O)OCC53C(C)=CC4=O)C(=O)C12C. The van der Waals surface area contributed by atoms with Crippen molar-refractivity contribution in [3.63, 3.8) is 0 Å². The van der Waals surface area contributed by atoms with E-state index in [-0.39, 0.29) is 36.3 Å². The van der Waals surface area contributed by atoms with Crippen LogP contribution in [-0.4, -0.2) is 43.1 Å². The summed E-state index contributed by atoms with van der Waals surface area (Å²) in [6.45, 7) is 9.60. The molecule has 6 rings (SSSR count). The van der Waals surface area contributed by atoms with Gasteiger partial charge in [0, 0.05) is 35.3 Å². The van der Waals surface area contributed by atoms with Gasteiger partial charge in [0.1, 0.15) is 18.2 Å². The second-order valence-corrected chi connectivity index (χ2v) is 11.7. The number of Topliss-reactive ketones (excluding diaryl/α,β-unsaturated/α-hetero) is 2. The molecule has 6 heteroatoms. The highest BCUT2D eigenvalue weighted by Gasteiger charge is 2.75. The van der Waals surface area contributed by atoms with Crippen molar-refractivity contribution in [1.29, 1.82) is 0 Å². The first-order valence-corrected chi connectivity index (χ1v) is 11.6. The van der Waals surface area contributed by atoms with Crippen LogP contribution in [0.3, 0.4) is 0 Å². The third kappa shape index (κ3) is 2.11. The molecule has 6 nitrogen and oxygen atoms in total. The van der Waals surface area contributed by atoms with Gasteiger partial charge in [-0.2, -0.15) is 0 Å². The van der Waals surface area contributed by atoms with Crippen molar-refractivity contribution in [2.24, 2.45) is 33.0 Å². The van der Waals surface area contributed by atoms with Gasteiger partial charge >= 0.3 is 5.97 Å². The molecule has 0 aromatic carbocycles. The number of carbonyl (C=O) groups is 4. The van der Waals surface area contributed by atoms with Crippen LogP contribution in [0.1, 0.15) is 60.3 Å². The van der Waals surface area contributed by atoms with Crippen molar-refractivity contribution in [2.45, 2.75) is 66.4 Å². The fraction of sp³-hybridized carbons (Fsp3) is 0.692. The Morgan fingerprint density at radius 3 is 2.44 bits per heavy atom. The van der Waals surface area contributed by atoms with E-state index in [4.69, 9.17) is 9.47 Å². The number of hydrogen-bond donors (Lipinski definition) is 0. The molecule has 2 saturated carbocycles. The summed E-state index contributed by atoms with van der Waals surface area (Å²) in [5, 5.41) is 0. The number of methoxy groups -OCH3 is 1. The van der Waals surface area contributed by atoms with E-state index in [1.165, 1.54) is 0 Å². The molecule has 6 atom stereocenters. The zero-order valence-electron chi connectivity index (χ0n) is 19.8. The highest BCUT2D eigenvalue weighted by atomic mass is 16.5. The molecular weight excluding hydrogens is 408 g/mol. The smallest absolute Gasteiger partial charge is 0.334 e. The quantitative estimate of drug-likeness (QED) is 0.581. The Balaban J connectivity index is 1.77. The number of ether oxygens (including phenoxy) is 2. The van der Waals surface area contributed by atoms with Crippen LogP contribution in [0.25, 0.3) is 0 Å². The monoisotopic (exact) mass is 440 g/mol. The molecule has 0 N–H and O–H groups in total. The lowest BCUT2D eigenvalue weighted by molar-refractivity contribution is -0.192. The second kappa shape index (κ2) is 6.07. The molecule has 0 radical (unpaired) electrons. The number of fused-ring (bicyclic) bond motifs is 2. The van der Waals surface area contributed by atoms with Crippen molar-refractivity contribution in [1.82, 2.24) is 0 Å². The van der Waals surface area contributed by atoms with Gasteiger partial charge in [0.15, 0.2) is 5.78 Å². The van der Waals surface area contributed by atoms with E-state index in [0.29, 0.717) is 24.8 Å². The predicted octanol–water partition coefficient (Wildman–Crippen LogP) is 3.38.